The van der Waals surface area contributed by atoms with E-state index in [1.165, 1.54) is 0 Å². The van der Waals surface area contributed by atoms with Gasteiger partial charge in [-0.3, -0.25) is 4.57 Å². The van der Waals surface area contributed by atoms with Gasteiger partial charge in [0.15, 0.2) is 23.0 Å². The van der Waals surface area contributed by atoms with E-state index in [0.717, 1.165) is 33.5 Å². The molecule has 4 rings (SSSR count). The number of hydrogen-bond donors (Lipinski definition) is 0. The second-order valence-corrected chi connectivity index (χ2v) is 7.15. The van der Waals surface area contributed by atoms with Gasteiger partial charge in [0.05, 0.1) is 13.1 Å². The maximum atomic E-state index is 7.55. The van der Waals surface area contributed by atoms with Crippen molar-refractivity contribution in [2.45, 2.75) is 20.8 Å². The zero-order valence-corrected chi connectivity index (χ0v) is 17.0. The molecular weight excluding hydrogens is 370 g/mol. The molecule has 3 aromatic carbocycles. The third-order valence-corrected chi connectivity index (χ3v) is 5.23. The van der Waals surface area contributed by atoms with E-state index in [2.05, 4.69) is 19.9 Å². The van der Waals surface area contributed by atoms with Crippen molar-refractivity contribution in [3.05, 3.63) is 100 Å². The lowest BCUT2D eigenvalue weighted by molar-refractivity contribution is 1.04. The first-order valence-electron chi connectivity index (χ1n) is 9.52. The van der Waals surface area contributed by atoms with Crippen LogP contribution in [-0.4, -0.2) is 14.8 Å². The minimum atomic E-state index is 0.551. The Labute approximate surface area is 175 Å². The van der Waals surface area contributed by atoms with E-state index < -0.39 is 0 Å². The summed E-state index contributed by atoms with van der Waals surface area (Å²) < 4.78 is 2.02. The molecule has 1 aromatic heterocycles. The van der Waals surface area contributed by atoms with Gasteiger partial charge in [0.25, 0.3) is 0 Å². The van der Waals surface area contributed by atoms with Gasteiger partial charge >= 0.3 is 0 Å². The molecule has 5 heteroatoms. The summed E-state index contributed by atoms with van der Waals surface area (Å²) in [4.78, 5) is 7.27. The monoisotopic (exact) mass is 389 g/mol. The van der Waals surface area contributed by atoms with Crippen molar-refractivity contribution in [3.63, 3.8) is 0 Å². The third kappa shape index (κ3) is 3.13. The first-order valence-corrected chi connectivity index (χ1v) is 9.52. The van der Waals surface area contributed by atoms with Crippen molar-refractivity contribution in [2.24, 2.45) is 0 Å². The first-order chi connectivity index (χ1) is 14.5. The van der Waals surface area contributed by atoms with Crippen molar-refractivity contribution in [3.8, 4) is 28.5 Å². The van der Waals surface area contributed by atoms with Crippen LogP contribution in [0.2, 0.25) is 0 Å². The average Bonchev–Trinajstić information content (AvgIpc) is 3.19. The van der Waals surface area contributed by atoms with Crippen molar-refractivity contribution in [1.82, 2.24) is 14.8 Å². The number of nitrogens with zero attached hydrogens (tertiary/aromatic N) is 5. The molecule has 1 heterocycles. The SMILES string of the molecule is [C-]#[N+]c1ccc(C)c(-c2nnc(-c3ccccc3)n2-c2c(C)ccc([N+]#[C-])c2C)c1. The summed E-state index contributed by atoms with van der Waals surface area (Å²) in [7, 11) is 0. The molecule has 0 atom stereocenters. The van der Waals surface area contributed by atoms with Crippen LogP contribution in [0, 0.1) is 33.9 Å². The Kier molecular flexibility index (Phi) is 4.88. The summed E-state index contributed by atoms with van der Waals surface area (Å²) in [6.45, 7) is 20.9. The Balaban J connectivity index is 2.11. The number of hydrogen-bond acceptors (Lipinski definition) is 2. The van der Waals surface area contributed by atoms with Gasteiger partial charge in [-0.15, -0.1) is 10.2 Å². The molecule has 0 unspecified atom stereocenters. The van der Waals surface area contributed by atoms with Crippen LogP contribution >= 0.6 is 0 Å². The normalized spacial score (nSPS) is 10.4. The molecule has 0 saturated heterocycles. The first kappa shape index (κ1) is 19.1. The highest BCUT2D eigenvalue weighted by atomic mass is 15.3. The van der Waals surface area contributed by atoms with Gasteiger partial charge in [-0.05, 0) is 43.5 Å². The van der Waals surface area contributed by atoms with Crippen LogP contribution in [0.4, 0.5) is 11.4 Å². The van der Waals surface area contributed by atoms with Gasteiger partial charge in [-0.25, -0.2) is 9.69 Å². The van der Waals surface area contributed by atoms with Gasteiger partial charge in [-0.2, -0.15) is 0 Å². The summed E-state index contributed by atoms with van der Waals surface area (Å²) >= 11 is 0. The summed E-state index contributed by atoms with van der Waals surface area (Å²) in [5.74, 6) is 1.36. The summed E-state index contributed by atoms with van der Waals surface area (Å²) in [5.41, 5.74) is 6.74. The molecule has 30 heavy (non-hydrogen) atoms. The van der Waals surface area contributed by atoms with E-state index in [1.54, 1.807) is 6.07 Å². The molecule has 0 bridgehead atoms. The predicted molar refractivity (Wildman–Crippen MR) is 119 cm³/mol. The molecule has 4 aromatic rings. The molecule has 0 saturated carbocycles. The molecule has 0 amide bonds. The van der Waals surface area contributed by atoms with Crippen LogP contribution in [0.1, 0.15) is 16.7 Å². The van der Waals surface area contributed by atoms with Crippen LogP contribution in [0.25, 0.3) is 38.2 Å². The van der Waals surface area contributed by atoms with Crippen LogP contribution < -0.4 is 0 Å². The Bertz CT molecular complexity index is 1330. The number of benzene rings is 3. The largest absolute Gasteiger partial charge is 0.276 e. The third-order valence-electron chi connectivity index (χ3n) is 5.23. The minimum Gasteiger partial charge on any atom is -0.276 e. The molecule has 0 aliphatic carbocycles. The molecule has 0 fully saturated rings. The van der Waals surface area contributed by atoms with E-state index >= 15 is 0 Å². The molecule has 0 aliphatic heterocycles. The second kappa shape index (κ2) is 7.66. The van der Waals surface area contributed by atoms with Crippen molar-refractivity contribution in [1.29, 1.82) is 0 Å². The molecule has 144 valence electrons. The maximum Gasteiger partial charge on any atom is 0.192 e. The smallest absolute Gasteiger partial charge is 0.192 e. The summed E-state index contributed by atoms with van der Waals surface area (Å²) in [6.07, 6.45) is 0. The topological polar surface area (TPSA) is 39.4 Å². The van der Waals surface area contributed by atoms with E-state index in [1.807, 2.05) is 79.9 Å². The molecule has 0 spiro atoms. The fourth-order valence-corrected chi connectivity index (χ4v) is 3.66. The summed E-state index contributed by atoms with van der Waals surface area (Å²) in [5, 5.41) is 9.08. The van der Waals surface area contributed by atoms with E-state index in [9.17, 15) is 0 Å². The number of aromatic nitrogens is 3. The average molecular weight is 389 g/mol. The molecule has 0 N–H and O–H groups in total. The predicted octanol–water partition coefficient (Wildman–Crippen LogP) is 6.63. The Morgan fingerprint density at radius 3 is 2.17 bits per heavy atom. The Morgan fingerprint density at radius 2 is 1.47 bits per heavy atom. The minimum absolute atomic E-state index is 0.551. The lowest BCUT2D eigenvalue weighted by Crippen LogP contribution is -2.05. The molecule has 5 nitrogen and oxygen atoms in total. The van der Waals surface area contributed by atoms with Gasteiger partial charge in [0, 0.05) is 16.8 Å². The van der Waals surface area contributed by atoms with Gasteiger partial charge in [-0.1, -0.05) is 54.6 Å². The number of aryl methyl sites for hydroxylation is 2. The molecule has 0 radical (unpaired) electrons. The van der Waals surface area contributed by atoms with E-state index in [4.69, 9.17) is 13.1 Å². The van der Waals surface area contributed by atoms with Gasteiger partial charge in [0.2, 0.25) is 0 Å². The van der Waals surface area contributed by atoms with Crippen LogP contribution in [0.3, 0.4) is 0 Å². The van der Waals surface area contributed by atoms with Gasteiger partial charge in [0.1, 0.15) is 0 Å². The lowest BCUT2D eigenvalue weighted by Gasteiger charge is -2.18. The van der Waals surface area contributed by atoms with E-state index in [-0.39, 0.29) is 0 Å². The van der Waals surface area contributed by atoms with Crippen LogP contribution in [0.15, 0.2) is 60.7 Å². The molecule has 0 aliphatic rings. The van der Waals surface area contributed by atoms with Crippen molar-refractivity contribution >= 4 is 11.4 Å². The lowest BCUT2D eigenvalue weighted by atomic mass is 10.0. The molecular formula is C25H19N5. The zero-order chi connectivity index (χ0) is 21.3. The van der Waals surface area contributed by atoms with Gasteiger partial charge < -0.3 is 0 Å². The van der Waals surface area contributed by atoms with E-state index in [0.29, 0.717) is 23.0 Å². The highest BCUT2D eigenvalue weighted by molar-refractivity contribution is 5.75. The standard InChI is InChI=1S/C25H19N5/c1-16-11-13-20(26-4)15-21(16)25-29-28-24(19-9-7-6-8-10-19)30(25)23-17(2)12-14-22(27-5)18(23)3/h6-15H,1-3H3. The second-order valence-electron chi connectivity index (χ2n) is 7.15. The zero-order valence-electron chi connectivity index (χ0n) is 17.0. The quantitative estimate of drug-likeness (QED) is 0.369. The Hall–Kier alpha value is -4.22. The highest BCUT2D eigenvalue weighted by Gasteiger charge is 2.22. The van der Waals surface area contributed by atoms with Crippen molar-refractivity contribution < 1.29 is 0 Å². The Morgan fingerprint density at radius 1 is 0.767 bits per heavy atom. The fraction of sp³-hybridized carbons (Fsp3) is 0.120. The highest BCUT2D eigenvalue weighted by Crippen LogP contribution is 2.36. The fourth-order valence-electron chi connectivity index (χ4n) is 3.66. The number of rotatable bonds is 3. The van der Waals surface area contributed by atoms with Crippen LogP contribution in [-0.2, 0) is 0 Å². The van der Waals surface area contributed by atoms with Crippen molar-refractivity contribution in [2.75, 3.05) is 0 Å². The van der Waals surface area contributed by atoms with Crippen LogP contribution in [0.5, 0.6) is 0 Å². The summed E-state index contributed by atoms with van der Waals surface area (Å²) in [6, 6.07) is 19.3. The maximum absolute atomic E-state index is 7.55.